The molecule has 194 valence electrons. The van der Waals surface area contributed by atoms with Gasteiger partial charge in [0.15, 0.2) is 6.61 Å². The summed E-state index contributed by atoms with van der Waals surface area (Å²) < 4.78 is 0. The Kier molecular flexibility index (Phi) is 6.52. The zero-order chi connectivity index (χ0) is 25.6. The van der Waals surface area contributed by atoms with Gasteiger partial charge < -0.3 is 20.4 Å². The van der Waals surface area contributed by atoms with E-state index < -0.39 is 5.60 Å². The van der Waals surface area contributed by atoms with Crippen LogP contribution >= 0.6 is 0 Å². The quantitative estimate of drug-likeness (QED) is 0.492. The number of nitrogens with one attached hydrogen (secondary N) is 1. The molecule has 0 aliphatic heterocycles. The van der Waals surface area contributed by atoms with Crippen LogP contribution in [0.5, 0.6) is 5.75 Å². The predicted molar refractivity (Wildman–Crippen MR) is 140 cm³/mol. The van der Waals surface area contributed by atoms with Crippen LogP contribution in [0.1, 0.15) is 64.9 Å². The first-order chi connectivity index (χ1) is 17.1. The third-order valence-corrected chi connectivity index (χ3v) is 10.2. The van der Waals surface area contributed by atoms with E-state index in [0.29, 0.717) is 30.7 Å². The standard InChI is InChI=1S/C30H40N2O4/c1-28-14-10-22(32-36-19-27(34)31-17-13-20-4-7-23(33)8-5-20)18-21(28)6-9-24-25(28)11-15-29(2)26(24)12-16-30(29,3)35/h4-5,7-8,10,14,18,24-26,33,35H,6,9,11-13,15-17,19H2,1-3H3,(H,31,34). The highest BCUT2D eigenvalue weighted by molar-refractivity contribution is 6.05. The van der Waals surface area contributed by atoms with Gasteiger partial charge in [-0.2, -0.15) is 0 Å². The number of phenols is 1. The molecule has 4 aliphatic carbocycles. The lowest BCUT2D eigenvalue weighted by molar-refractivity contribution is -0.125. The Morgan fingerprint density at radius 1 is 1.11 bits per heavy atom. The van der Waals surface area contributed by atoms with Crippen molar-refractivity contribution in [1.82, 2.24) is 5.32 Å². The number of allylic oxidation sites excluding steroid dienone is 4. The van der Waals surface area contributed by atoms with Crippen molar-refractivity contribution in [2.75, 3.05) is 13.2 Å². The number of carbonyl (C=O) groups is 1. The van der Waals surface area contributed by atoms with Gasteiger partial charge in [0, 0.05) is 12.0 Å². The van der Waals surface area contributed by atoms with Crippen LogP contribution < -0.4 is 5.32 Å². The molecule has 1 aromatic carbocycles. The Morgan fingerprint density at radius 3 is 2.64 bits per heavy atom. The summed E-state index contributed by atoms with van der Waals surface area (Å²) in [6.45, 7) is 7.16. The summed E-state index contributed by atoms with van der Waals surface area (Å²) in [7, 11) is 0. The van der Waals surface area contributed by atoms with Gasteiger partial charge in [-0.3, -0.25) is 4.79 Å². The average molecular weight is 493 g/mol. The minimum atomic E-state index is -0.545. The van der Waals surface area contributed by atoms with Gasteiger partial charge in [0.1, 0.15) is 11.5 Å². The highest BCUT2D eigenvalue weighted by Crippen LogP contribution is 2.66. The fourth-order valence-electron chi connectivity index (χ4n) is 7.73. The molecule has 3 N–H and O–H groups in total. The second-order valence-electron chi connectivity index (χ2n) is 12.0. The summed E-state index contributed by atoms with van der Waals surface area (Å²) in [5.41, 5.74) is 2.75. The zero-order valence-electron chi connectivity index (χ0n) is 21.8. The maximum absolute atomic E-state index is 12.1. The topological polar surface area (TPSA) is 91.2 Å². The Bertz CT molecular complexity index is 1090. The van der Waals surface area contributed by atoms with Crippen LogP contribution in [0, 0.1) is 28.6 Å². The molecule has 6 heteroatoms. The van der Waals surface area contributed by atoms with Crippen LogP contribution in [-0.2, 0) is 16.1 Å². The third-order valence-electron chi connectivity index (χ3n) is 10.2. The number of rotatable bonds is 6. The van der Waals surface area contributed by atoms with Gasteiger partial charge in [-0.15, -0.1) is 0 Å². The normalized spacial score (nSPS) is 38.1. The number of aromatic hydroxyl groups is 1. The molecular formula is C30H40N2O4. The number of nitrogens with zero attached hydrogens (tertiary/aromatic N) is 1. The van der Waals surface area contributed by atoms with Crippen LogP contribution in [0.4, 0.5) is 0 Å². The summed E-state index contributed by atoms with van der Waals surface area (Å²) in [4.78, 5) is 17.5. The highest BCUT2D eigenvalue weighted by Gasteiger charge is 2.61. The number of hydrogen-bond acceptors (Lipinski definition) is 5. The number of carbonyl (C=O) groups excluding carboxylic acids is 1. The first kappa shape index (κ1) is 25.1. The Labute approximate surface area is 214 Å². The van der Waals surface area contributed by atoms with Gasteiger partial charge in [-0.05, 0) is 105 Å². The highest BCUT2D eigenvalue weighted by atomic mass is 16.6. The summed E-state index contributed by atoms with van der Waals surface area (Å²) in [6, 6.07) is 6.98. The van der Waals surface area contributed by atoms with E-state index in [1.807, 2.05) is 18.2 Å². The minimum Gasteiger partial charge on any atom is -0.508 e. The van der Waals surface area contributed by atoms with E-state index in [1.165, 1.54) is 12.0 Å². The second kappa shape index (κ2) is 9.37. The van der Waals surface area contributed by atoms with Crippen LogP contribution in [0.15, 0.2) is 53.2 Å². The Hall–Kier alpha value is -2.60. The predicted octanol–water partition coefficient (Wildman–Crippen LogP) is 4.91. The van der Waals surface area contributed by atoms with Crippen molar-refractivity contribution in [2.45, 2.75) is 71.3 Å². The van der Waals surface area contributed by atoms with E-state index in [-0.39, 0.29) is 29.1 Å². The summed E-state index contributed by atoms with van der Waals surface area (Å²) in [5.74, 6) is 1.89. The molecule has 0 heterocycles. The summed E-state index contributed by atoms with van der Waals surface area (Å²) >= 11 is 0. The van der Waals surface area contributed by atoms with E-state index in [4.69, 9.17) is 4.84 Å². The first-order valence-corrected chi connectivity index (χ1v) is 13.5. The molecular weight excluding hydrogens is 452 g/mol. The number of benzene rings is 1. The van der Waals surface area contributed by atoms with Gasteiger partial charge in [-0.25, -0.2) is 0 Å². The van der Waals surface area contributed by atoms with Crippen molar-refractivity contribution in [3.8, 4) is 5.75 Å². The fourth-order valence-corrected chi connectivity index (χ4v) is 7.73. The summed E-state index contributed by atoms with van der Waals surface area (Å²) in [6.07, 6.45) is 13.7. The average Bonchev–Trinajstić information content (AvgIpc) is 3.09. The first-order valence-electron chi connectivity index (χ1n) is 13.5. The molecule has 36 heavy (non-hydrogen) atoms. The Balaban J connectivity index is 1.15. The van der Waals surface area contributed by atoms with Gasteiger partial charge in [0.05, 0.1) is 5.60 Å². The zero-order valence-corrected chi connectivity index (χ0v) is 21.8. The van der Waals surface area contributed by atoms with Crippen LogP contribution in [0.3, 0.4) is 0 Å². The van der Waals surface area contributed by atoms with Gasteiger partial charge >= 0.3 is 0 Å². The monoisotopic (exact) mass is 492 g/mol. The number of hydrogen-bond donors (Lipinski definition) is 3. The molecule has 0 spiro atoms. The minimum absolute atomic E-state index is 0.0311. The van der Waals surface area contributed by atoms with Gasteiger partial charge in [0.25, 0.3) is 5.91 Å². The lowest BCUT2D eigenvalue weighted by Crippen LogP contribution is -2.53. The summed E-state index contributed by atoms with van der Waals surface area (Å²) in [5, 5.41) is 27.5. The molecule has 6 atom stereocenters. The van der Waals surface area contributed by atoms with E-state index in [0.717, 1.165) is 43.4 Å². The number of fused-ring (bicyclic) bond motifs is 5. The molecule has 4 aliphatic rings. The molecule has 5 rings (SSSR count). The molecule has 6 unspecified atom stereocenters. The lowest BCUT2D eigenvalue weighted by Gasteiger charge is -2.58. The molecule has 1 aromatic rings. The third kappa shape index (κ3) is 4.38. The molecule has 0 radical (unpaired) electrons. The van der Waals surface area contributed by atoms with E-state index in [1.54, 1.807) is 12.1 Å². The van der Waals surface area contributed by atoms with Crippen LogP contribution in [0.25, 0.3) is 0 Å². The number of amides is 1. The van der Waals surface area contributed by atoms with Gasteiger partial charge in [-0.1, -0.05) is 42.8 Å². The van der Waals surface area contributed by atoms with Crippen molar-refractivity contribution >= 4 is 11.6 Å². The maximum atomic E-state index is 12.1. The number of phenolic OH excluding ortho intramolecular Hbond substituents is 1. The van der Waals surface area contributed by atoms with Crippen LogP contribution in [0.2, 0.25) is 0 Å². The van der Waals surface area contributed by atoms with Crippen molar-refractivity contribution in [2.24, 2.45) is 33.7 Å². The Morgan fingerprint density at radius 2 is 1.86 bits per heavy atom. The van der Waals surface area contributed by atoms with E-state index >= 15 is 0 Å². The molecule has 0 saturated heterocycles. The molecule has 3 saturated carbocycles. The largest absolute Gasteiger partial charge is 0.508 e. The molecule has 3 fully saturated rings. The molecule has 0 bridgehead atoms. The van der Waals surface area contributed by atoms with E-state index in [9.17, 15) is 15.0 Å². The molecule has 0 aromatic heterocycles. The molecule has 1 amide bonds. The SMILES string of the molecule is CC12C=CC(=NOCC(=O)NCCc3ccc(O)cc3)C=C1CCC1C2CCC2(C)C1CCC2(C)O. The fraction of sp³-hybridized carbons (Fsp3) is 0.600. The van der Waals surface area contributed by atoms with Crippen molar-refractivity contribution < 1.29 is 19.8 Å². The van der Waals surface area contributed by atoms with Crippen molar-refractivity contribution in [3.05, 3.63) is 53.6 Å². The lowest BCUT2D eigenvalue weighted by atomic mass is 9.47. The maximum Gasteiger partial charge on any atom is 0.260 e. The smallest absolute Gasteiger partial charge is 0.260 e. The van der Waals surface area contributed by atoms with Crippen molar-refractivity contribution in [1.29, 1.82) is 0 Å². The van der Waals surface area contributed by atoms with Crippen molar-refractivity contribution in [3.63, 3.8) is 0 Å². The van der Waals surface area contributed by atoms with Crippen LogP contribution in [-0.4, -0.2) is 40.6 Å². The molecule has 6 nitrogen and oxygen atoms in total. The second-order valence-corrected chi connectivity index (χ2v) is 12.0. The van der Waals surface area contributed by atoms with E-state index in [2.05, 4.69) is 43.4 Å². The van der Waals surface area contributed by atoms with Gasteiger partial charge in [0.2, 0.25) is 0 Å². The number of oxime groups is 1. The number of aliphatic hydroxyl groups is 1.